The Bertz CT molecular complexity index is 709. The average Bonchev–Trinajstić information content (AvgIpc) is 2.95. The Balaban J connectivity index is 1.78. The maximum Gasteiger partial charge on any atom is 0.252 e. The van der Waals surface area contributed by atoms with Crippen LogP contribution in [0, 0.1) is 0 Å². The first-order valence-electron chi connectivity index (χ1n) is 6.23. The number of hydrogen-bond acceptors (Lipinski definition) is 5. The molecule has 20 heavy (non-hydrogen) atoms. The number of aromatic nitrogens is 4. The summed E-state index contributed by atoms with van der Waals surface area (Å²) < 4.78 is 12.6. The van der Waals surface area contributed by atoms with E-state index in [2.05, 4.69) is 15.1 Å². The Morgan fingerprint density at radius 2 is 1.85 bits per heavy atom. The zero-order valence-electron chi connectivity index (χ0n) is 11.2. The molecule has 1 unspecified atom stereocenters. The summed E-state index contributed by atoms with van der Waals surface area (Å²) in [6.45, 7) is 1.94. The number of hydrogen-bond donors (Lipinski definition) is 0. The second-order valence-electron chi connectivity index (χ2n) is 4.29. The van der Waals surface area contributed by atoms with Gasteiger partial charge in [-0.2, -0.15) is 10.1 Å². The number of nitrogens with zero attached hydrogens (tertiary/aromatic N) is 4. The van der Waals surface area contributed by atoms with Crippen LogP contribution in [0.25, 0.3) is 5.78 Å². The lowest BCUT2D eigenvalue weighted by atomic mass is 10.2. The summed E-state index contributed by atoms with van der Waals surface area (Å²) in [5.74, 6) is 2.13. The average molecular weight is 270 g/mol. The quantitative estimate of drug-likeness (QED) is 0.727. The molecular weight excluding hydrogens is 256 g/mol. The molecule has 3 aromatic rings. The molecule has 3 rings (SSSR count). The molecule has 0 radical (unpaired) electrons. The minimum Gasteiger partial charge on any atom is -0.497 e. The molecule has 102 valence electrons. The predicted molar refractivity (Wildman–Crippen MR) is 72.8 cm³/mol. The van der Waals surface area contributed by atoms with E-state index >= 15 is 0 Å². The van der Waals surface area contributed by atoms with Crippen LogP contribution >= 0.6 is 0 Å². The zero-order chi connectivity index (χ0) is 13.9. The summed E-state index contributed by atoms with van der Waals surface area (Å²) in [4.78, 5) is 8.46. The number of fused-ring (bicyclic) bond motifs is 1. The van der Waals surface area contributed by atoms with Gasteiger partial charge >= 0.3 is 0 Å². The summed E-state index contributed by atoms with van der Waals surface area (Å²) in [6.07, 6.45) is 3.12. The van der Waals surface area contributed by atoms with Gasteiger partial charge in [-0.3, -0.25) is 0 Å². The first-order valence-corrected chi connectivity index (χ1v) is 6.23. The molecule has 0 bridgehead atoms. The van der Waals surface area contributed by atoms with Crippen molar-refractivity contribution in [2.45, 2.75) is 13.0 Å². The van der Waals surface area contributed by atoms with Crippen LogP contribution in [0.3, 0.4) is 0 Å². The Kier molecular flexibility index (Phi) is 3.20. The minimum absolute atomic E-state index is 0.176. The van der Waals surface area contributed by atoms with E-state index in [0.29, 0.717) is 5.78 Å². The molecule has 6 nitrogen and oxygen atoms in total. The van der Waals surface area contributed by atoms with Crippen LogP contribution in [-0.4, -0.2) is 26.7 Å². The molecule has 1 aromatic carbocycles. The molecule has 0 saturated heterocycles. The van der Waals surface area contributed by atoms with Gasteiger partial charge in [0, 0.05) is 6.20 Å². The normalized spacial score (nSPS) is 12.3. The minimum atomic E-state index is -0.176. The van der Waals surface area contributed by atoms with Crippen LogP contribution in [0.2, 0.25) is 0 Å². The third-order valence-electron chi connectivity index (χ3n) is 2.96. The van der Waals surface area contributed by atoms with E-state index in [9.17, 15) is 0 Å². The molecule has 2 aromatic heterocycles. The lowest BCUT2D eigenvalue weighted by Gasteiger charge is -2.14. The lowest BCUT2D eigenvalue weighted by Crippen LogP contribution is -2.06. The van der Waals surface area contributed by atoms with Crippen molar-refractivity contribution < 1.29 is 9.47 Å². The van der Waals surface area contributed by atoms with Crippen molar-refractivity contribution in [1.82, 2.24) is 19.6 Å². The van der Waals surface area contributed by atoms with Gasteiger partial charge in [-0.1, -0.05) is 0 Å². The number of ether oxygens (including phenoxy) is 2. The van der Waals surface area contributed by atoms with Crippen molar-refractivity contribution in [3.63, 3.8) is 0 Å². The number of benzene rings is 1. The summed E-state index contributed by atoms with van der Waals surface area (Å²) in [6, 6.07) is 9.32. The van der Waals surface area contributed by atoms with Gasteiger partial charge in [0.25, 0.3) is 5.78 Å². The topological polar surface area (TPSA) is 61.5 Å². The van der Waals surface area contributed by atoms with Gasteiger partial charge in [0.05, 0.1) is 12.8 Å². The van der Waals surface area contributed by atoms with Crippen molar-refractivity contribution in [2.24, 2.45) is 0 Å². The fourth-order valence-electron chi connectivity index (χ4n) is 1.87. The molecule has 0 spiro atoms. The Morgan fingerprint density at radius 3 is 2.60 bits per heavy atom. The van der Waals surface area contributed by atoms with Gasteiger partial charge in [0.15, 0.2) is 0 Å². The third kappa shape index (κ3) is 2.40. The van der Waals surface area contributed by atoms with Gasteiger partial charge in [0.1, 0.15) is 23.9 Å². The second kappa shape index (κ2) is 5.16. The van der Waals surface area contributed by atoms with Gasteiger partial charge in [-0.25, -0.2) is 9.50 Å². The molecule has 0 fully saturated rings. The second-order valence-corrected chi connectivity index (χ2v) is 4.29. The molecule has 2 heterocycles. The van der Waals surface area contributed by atoms with E-state index in [1.807, 2.05) is 43.5 Å². The highest BCUT2D eigenvalue weighted by Gasteiger charge is 2.10. The van der Waals surface area contributed by atoms with Crippen LogP contribution < -0.4 is 9.47 Å². The van der Waals surface area contributed by atoms with E-state index in [1.165, 1.54) is 6.33 Å². The molecule has 0 aliphatic heterocycles. The smallest absolute Gasteiger partial charge is 0.252 e. The van der Waals surface area contributed by atoms with Crippen LogP contribution in [0.1, 0.15) is 18.7 Å². The highest BCUT2D eigenvalue weighted by molar-refractivity contribution is 5.32. The molecule has 0 saturated carbocycles. The Hall–Kier alpha value is -2.63. The highest BCUT2D eigenvalue weighted by atomic mass is 16.5. The fourth-order valence-corrected chi connectivity index (χ4v) is 1.87. The first kappa shape index (κ1) is 12.4. The third-order valence-corrected chi connectivity index (χ3v) is 2.96. The molecule has 0 aliphatic carbocycles. The van der Waals surface area contributed by atoms with Gasteiger partial charge in [-0.15, -0.1) is 0 Å². The van der Waals surface area contributed by atoms with Crippen molar-refractivity contribution in [3.05, 3.63) is 48.5 Å². The predicted octanol–water partition coefficient (Wildman–Crippen LogP) is 2.27. The van der Waals surface area contributed by atoms with Crippen molar-refractivity contribution in [2.75, 3.05) is 7.11 Å². The number of methoxy groups -OCH3 is 1. The van der Waals surface area contributed by atoms with Crippen molar-refractivity contribution in [1.29, 1.82) is 0 Å². The van der Waals surface area contributed by atoms with E-state index in [-0.39, 0.29) is 6.10 Å². The molecule has 0 aliphatic rings. The lowest BCUT2D eigenvalue weighted by molar-refractivity contribution is 0.221. The molecule has 6 heteroatoms. The van der Waals surface area contributed by atoms with E-state index in [0.717, 1.165) is 17.2 Å². The SMILES string of the molecule is COc1ccc(OC(C)c2ccn3ncnc3n2)cc1. The van der Waals surface area contributed by atoms with Crippen molar-refractivity contribution in [3.8, 4) is 11.5 Å². The maximum atomic E-state index is 5.85. The molecular formula is C14H14N4O2. The largest absolute Gasteiger partial charge is 0.497 e. The van der Waals surface area contributed by atoms with Crippen molar-refractivity contribution >= 4 is 5.78 Å². The standard InChI is InChI=1S/C14H14N4O2/c1-10(20-12-5-3-11(19-2)4-6-12)13-7-8-18-14(17-13)15-9-16-18/h3-10H,1-2H3. The monoisotopic (exact) mass is 270 g/mol. The van der Waals surface area contributed by atoms with Crippen LogP contribution in [0.5, 0.6) is 11.5 Å². The molecule has 1 atom stereocenters. The van der Waals surface area contributed by atoms with E-state index in [4.69, 9.17) is 9.47 Å². The highest BCUT2D eigenvalue weighted by Crippen LogP contribution is 2.22. The fraction of sp³-hybridized carbons (Fsp3) is 0.214. The van der Waals surface area contributed by atoms with E-state index < -0.39 is 0 Å². The molecule has 0 N–H and O–H groups in total. The summed E-state index contributed by atoms with van der Waals surface area (Å²) in [5.41, 5.74) is 0.807. The van der Waals surface area contributed by atoms with Crippen LogP contribution in [0.15, 0.2) is 42.9 Å². The Labute approximate surface area is 116 Å². The van der Waals surface area contributed by atoms with Gasteiger partial charge < -0.3 is 9.47 Å². The first-order chi connectivity index (χ1) is 9.76. The van der Waals surface area contributed by atoms with Crippen LogP contribution in [-0.2, 0) is 0 Å². The van der Waals surface area contributed by atoms with Crippen LogP contribution in [0.4, 0.5) is 0 Å². The van der Waals surface area contributed by atoms with Gasteiger partial charge in [-0.05, 0) is 37.3 Å². The Morgan fingerprint density at radius 1 is 1.10 bits per heavy atom. The maximum absolute atomic E-state index is 5.85. The molecule has 0 amide bonds. The zero-order valence-corrected chi connectivity index (χ0v) is 11.2. The summed E-state index contributed by atoms with van der Waals surface area (Å²) >= 11 is 0. The number of rotatable bonds is 4. The summed E-state index contributed by atoms with van der Waals surface area (Å²) in [7, 11) is 1.64. The van der Waals surface area contributed by atoms with E-state index in [1.54, 1.807) is 11.6 Å². The van der Waals surface area contributed by atoms with Gasteiger partial charge in [0.2, 0.25) is 0 Å². The summed E-state index contributed by atoms with van der Waals surface area (Å²) in [5, 5.41) is 4.01.